The Labute approximate surface area is 150 Å². The number of hydrogen-bond acceptors (Lipinski definition) is 5. The second-order valence-corrected chi connectivity index (χ2v) is 5.80. The van der Waals surface area contributed by atoms with Gasteiger partial charge >= 0.3 is 0 Å². The molecule has 0 aliphatic rings. The zero-order valence-electron chi connectivity index (χ0n) is 14.1. The maximum atomic E-state index is 6.33. The fourth-order valence-corrected chi connectivity index (χ4v) is 2.58. The molecule has 5 nitrogen and oxygen atoms in total. The van der Waals surface area contributed by atoms with Gasteiger partial charge in [-0.1, -0.05) is 46.6 Å². The van der Waals surface area contributed by atoms with E-state index in [1.54, 1.807) is 32.4 Å². The minimum absolute atomic E-state index is 0.246. The number of methoxy groups -OCH3 is 2. The summed E-state index contributed by atoms with van der Waals surface area (Å²) in [5.41, 5.74) is 2.80. The lowest BCUT2D eigenvalue weighted by Crippen LogP contribution is -1.91. The van der Waals surface area contributed by atoms with Crippen molar-refractivity contribution >= 4 is 22.7 Å². The van der Waals surface area contributed by atoms with E-state index in [0.717, 1.165) is 11.1 Å². The SMILES string of the molecule is COc1ccc(-c2noc(/C(Cl)=C/c3cccc(C)c3)n2)c(OC)c1. The minimum atomic E-state index is 0.246. The molecule has 1 aromatic heterocycles. The van der Waals surface area contributed by atoms with E-state index in [0.29, 0.717) is 27.9 Å². The van der Waals surface area contributed by atoms with Gasteiger partial charge in [-0.15, -0.1) is 0 Å². The van der Waals surface area contributed by atoms with Crippen LogP contribution in [0.15, 0.2) is 47.0 Å². The summed E-state index contributed by atoms with van der Waals surface area (Å²) < 4.78 is 15.9. The molecule has 25 heavy (non-hydrogen) atoms. The Kier molecular flexibility index (Phi) is 5.05. The third-order valence-corrected chi connectivity index (χ3v) is 3.89. The summed E-state index contributed by atoms with van der Waals surface area (Å²) >= 11 is 6.33. The van der Waals surface area contributed by atoms with E-state index >= 15 is 0 Å². The molecule has 0 fully saturated rings. The van der Waals surface area contributed by atoms with Gasteiger partial charge < -0.3 is 14.0 Å². The molecule has 0 aliphatic heterocycles. The zero-order valence-corrected chi connectivity index (χ0v) is 14.9. The standard InChI is InChI=1S/C19H17ClN2O3/c1-12-5-4-6-13(9-12)10-16(20)19-21-18(22-25-19)15-8-7-14(23-2)11-17(15)24-3/h4-11H,1-3H3/b16-10-. The largest absolute Gasteiger partial charge is 0.497 e. The number of halogens is 1. The van der Waals surface area contributed by atoms with Crippen LogP contribution < -0.4 is 9.47 Å². The molecule has 0 bridgehead atoms. The second-order valence-electron chi connectivity index (χ2n) is 5.40. The van der Waals surface area contributed by atoms with E-state index in [2.05, 4.69) is 10.1 Å². The molecule has 0 saturated carbocycles. The van der Waals surface area contributed by atoms with Crippen LogP contribution in [0, 0.1) is 6.92 Å². The summed E-state index contributed by atoms with van der Waals surface area (Å²) in [5, 5.41) is 4.37. The van der Waals surface area contributed by atoms with Gasteiger partial charge in [0.15, 0.2) is 0 Å². The number of ether oxygens (including phenoxy) is 2. The van der Waals surface area contributed by atoms with Gasteiger partial charge in [-0.2, -0.15) is 4.98 Å². The van der Waals surface area contributed by atoms with Gasteiger partial charge in [0.2, 0.25) is 5.82 Å². The molecule has 0 unspecified atom stereocenters. The van der Waals surface area contributed by atoms with E-state index in [-0.39, 0.29) is 5.89 Å². The van der Waals surface area contributed by atoms with Gasteiger partial charge in [0, 0.05) is 6.07 Å². The molecule has 1 heterocycles. The number of aryl methyl sites for hydroxylation is 1. The van der Waals surface area contributed by atoms with Crippen molar-refractivity contribution in [2.24, 2.45) is 0 Å². The van der Waals surface area contributed by atoms with Crippen LogP contribution >= 0.6 is 11.6 Å². The van der Waals surface area contributed by atoms with Crippen molar-refractivity contribution in [2.45, 2.75) is 6.92 Å². The fourth-order valence-electron chi connectivity index (χ4n) is 2.38. The molecule has 0 spiro atoms. The van der Waals surface area contributed by atoms with Crippen molar-refractivity contribution in [3.63, 3.8) is 0 Å². The van der Waals surface area contributed by atoms with E-state index in [9.17, 15) is 0 Å². The first kappa shape index (κ1) is 17.0. The summed E-state index contributed by atoms with van der Waals surface area (Å²) in [6.45, 7) is 2.02. The minimum Gasteiger partial charge on any atom is -0.497 e. The van der Waals surface area contributed by atoms with E-state index in [4.69, 9.17) is 25.6 Å². The Morgan fingerprint density at radius 3 is 2.68 bits per heavy atom. The van der Waals surface area contributed by atoms with Crippen molar-refractivity contribution in [3.8, 4) is 22.9 Å². The number of nitrogens with zero attached hydrogens (tertiary/aromatic N) is 2. The van der Waals surface area contributed by atoms with Crippen LogP contribution in [-0.2, 0) is 0 Å². The van der Waals surface area contributed by atoms with Gasteiger partial charge in [-0.25, -0.2) is 0 Å². The van der Waals surface area contributed by atoms with Crippen LogP contribution in [0.5, 0.6) is 11.5 Å². The highest BCUT2D eigenvalue weighted by Crippen LogP contribution is 2.32. The second kappa shape index (κ2) is 7.40. The van der Waals surface area contributed by atoms with Gasteiger partial charge in [-0.05, 0) is 30.7 Å². The lowest BCUT2D eigenvalue weighted by atomic mass is 10.1. The van der Waals surface area contributed by atoms with Crippen LogP contribution in [-0.4, -0.2) is 24.4 Å². The third-order valence-electron chi connectivity index (χ3n) is 3.62. The maximum absolute atomic E-state index is 6.33. The van der Waals surface area contributed by atoms with Crippen molar-refractivity contribution in [2.75, 3.05) is 14.2 Å². The van der Waals surface area contributed by atoms with Crippen molar-refractivity contribution < 1.29 is 14.0 Å². The molecular weight excluding hydrogens is 340 g/mol. The summed E-state index contributed by atoms with van der Waals surface area (Å²) in [7, 11) is 3.17. The Bertz CT molecular complexity index is 919. The zero-order chi connectivity index (χ0) is 17.8. The molecule has 0 saturated heterocycles. The first-order valence-electron chi connectivity index (χ1n) is 7.61. The average Bonchev–Trinajstić information content (AvgIpc) is 3.11. The summed E-state index contributed by atoms with van der Waals surface area (Å²) in [6.07, 6.45) is 1.79. The third kappa shape index (κ3) is 3.83. The van der Waals surface area contributed by atoms with Crippen molar-refractivity contribution in [3.05, 3.63) is 59.5 Å². The molecule has 0 radical (unpaired) electrons. The van der Waals surface area contributed by atoms with E-state index in [1.165, 1.54) is 0 Å². The van der Waals surface area contributed by atoms with Crippen molar-refractivity contribution in [1.29, 1.82) is 0 Å². The summed E-state index contributed by atoms with van der Waals surface area (Å²) in [6, 6.07) is 13.3. The summed E-state index contributed by atoms with van der Waals surface area (Å²) in [4.78, 5) is 4.36. The Morgan fingerprint density at radius 1 is 1.12 bits per heavy atom. The van der Waals surface area contributed by atoms with Gasteiger partial charge in [0.25, 0.3) is 5.89 Å². The molecular formula is C19H17ClN2O3. The lowest BCUT2D eigenvalue weighted by molar-refractivity contribution is 0.393. The Morgan fingerprint density at radius 2 is 1.96 bits per heavy atom. The fraction of sp³-hybridized carbons (Fsp3) is 0.158. The highest BCUT2D eigenvalue weighted by Gasteiger charge is 2.16. The molecule has 0 aliphatic carbocycles. The smallest absolute Gasteiger partial charge is 0.269 e. The first-order valence-corrected chi connectivity index (χ1v) is 7.99. The van der Waals surface area contributed by atoms with Crippen LogP contribution in [0.3, 0.4) is 0 Å². The van der Waals surface area contributed by atoms with E-state index in [1.807, 2.05) is 37.3 Å². The molecule has 0 N–H and O–H groups in total. The van der Waals surface area contributed by atoms with Crippen LogP contribution in [0.2, 0.25) is 0 Å². The number of hydrogen-bond donors (Lipinski definition) is 0. The Balaban J connectivity index is 1.92. The maximum Gasteiger partial charge on any atom is 0.269 e. The van der Waals surface area contributed by atoms with E-state index < -0.39 is 0 Å². The molecule has 0 amide bonds. The topological polar surface area (TPSA) is 57.4 Å². The van der Waals surface area contributed by atoms with Crippen molar-refractivity contribution in [1.82, 2.24) is 10.1 Å². The van der Waals surface area contributed by atoms with Crippen LogP contribution in [0.25, 0.3) is 22.5 Å². The molecule has 3 aromatic rings. The number of aromatic nitrogens is 2. The first-order chi connectivity index (χ1) is 12.1. The molecule has 128 valence electrons. The number of rotatable bonds is 5. The highest BCUT2D eigenvalue weighted by atomic mass is 35.5. The molecule has 3 rings (SSSR count). The predicted molar refractivity (Wildman–Crippen MR) is 97.7 cm³/mol. The van der Waals surface area contributed by atoms with Gasteiger partial charge in [0.05, 0.1) is 19.8 Å². The quantitative estimate of drug-likeness (QED) is 0.657. The van der Waals surface area contributed by atoms with Gasteiger partial charge in [-0.3, -0.25) is 0 Å². The number of benzene rings is 2. The van der Waals surface area contributed by atoms with Crippen LogP contribution in [0.1, 0.15) is 17.0 Å². The molecule has 0 atom stereocenters. The van der Waals surface area contributed by atoms with Crippen LogP contribution in [0.4, 0.5) is 0 Å². The highest BCUT2D eigenvalue weighted by molar-refractivity contribution is 6.50. The molecule has 2 aromatic carbocycles. The van der Waals surface area contributed by atoms with Gasteiger partial charge in [0.1, 0.15) is 16.5 Å². The lowest BCUT2D eigenvalue weighted by Gasteiger charge is -2.07. The Hall–Kier alpha value is -2.79. The summed E-state index contributed by atoms with van der Waals surface area (Å²) in [5.74, 6) is 1.91. The monoisotopic (exact) mass is 356 g/mol. The molecule has 6 heteroatoms. The normalized spacial score (nSPS) is 11.4. The average molecular weight is 357 g/mol. The predicted octanol–water partition coefficient (Wildman–Crippen LogP) is 4.80.